The van der Waals surface area contributed by atoms with Crippen molar-refractivity contribution in [3.05, 3.63) is 42.3 Å². The molecule has 6 heteroatoms. The van der Waals surface area contributed by atoms with Gasteiger partial charge in [0, 0.05) is 24.8 Å². The molecule has 0 saturated carbocycles. The number of nitrogens with one attached hydrogen (secondary N) is 1. The van der Waals surface area contributed by atoms with Crippen LogP contribution in [0.2, 0.25) is 0 Å². The van der Waals surface area contributed by atoms with Crippen molar-refractivity contribution in [2.24, 2.45) is 0 Å². The van der Waals surface area contributed by atoms with Gasteiger partial charge in [0.25, 0.3) is 0 Å². The summed E-state index contributed by atoms with van der Waals surface area (Å²) >= 11 is 0. The van der Waals surface area contributed by atoms with E-state index in [-0.39, 0.29) is 6.04 Å². The monoisotopic (exact) mass is 274 g/mol. The Bertz CT molecular complexity index is 568. The van der Waals surface area contributed by atoms with Crippen LogP contribution >= 0.6 is 0 Å². The highest BCUT2D eigenvalue weighted by Gasteiger charge is 2.13. The van der Waals surface area contributed by atoms with Crippen LogP contribution in [0, 0.1) is 6.92 Å². The lowest BCUT2D eigenvalue weighted by atomic mass is 10.2. The van der Waals surface area contributed by atoms with E-state index in [4.69, 9.17) is 0 Å². The molecule has 0 aliphatic heterocycles. The SMILES string of the molecule is C=CCn1cc(CNC(C)c2ncnn2CC)c(C)n1. The third-order valence-corrected chi connectivity index (χ3v) is 3.30. The highest BCUT2D eigenvalue weighted by atomic mass is 15.3. The molecule has 2 rings (SSSR count). The Morgan fingerprint density at radius 1 is 1.50 bits per heavy atom. The highest BCUT2D eigenvalue weighted by molar-refractivity contribution is 5.15. The molecular formula is C14H22N6. The molecule has 0 saturated heterocycles. The summed E-state index contributed by atoms with van der Waals surface area (Å²) in [5.74, 6) is 0.962. The molecule has 1 unspecified atom stereocenters. The van der Waals surface area contributed by atoms with Gasteiger partial charge in [-0.2, -0.15) is 10.2 Å². The maximum absolute atomic E-state index is 4.45. The lowest BCUT2D eigenvalue weighted by Crippen LogP contribution is -2.22. The molecule has 1 atom stereocenters. The van der Waals surface area contributed by atoms with Gasteiger partial charge in [-0.1, -0.05) is 6.08 Å². The van der Waals surface area contributed by atoms with Gasteiger partial charge in [0.15, 0.2) is 0 Å². The molecule has 2 heterocycles. The number of aryl methyl sites for hydroxylation is 2. The molecule has 108 valence electrons. The Morgan fingerprint density at radius 3 is 3.00 bits per heavy atom. The van der Waals surface area contributed by atoms with Gasteiger partial charge in [0.2, 0.25) is 0 Å². The van der Waals surface area contributed by atoms with Crippen LogP contribution in [0.1, 0.15) is 37.0 Å². The lowest BCUT2D eigenvalue weighted by molar-refractivity contribution is 0.497. The van der Waals surface area contributed by atoms with Gasteiger partial charge in [0.1, 0.15) is 12.2 Å². The van der Waals surface area contributed by atoms with Crippen LogP contribution in [-0.4, -0.2) is 24.5 Å². The first-order valence-corrected chi connectivity index (χ1v) is 6.90. The number of nitrogens with zero attached hydrogens (tertiary/aromatic N) is 5. The van der Waals surface area contributed by atoms with Crippen LogP contribution in [0.3, 0.4) is 0 Å². The number of hydrogen-bond donors (Lipinski definition) is 1. The maximum Gasteiger partial charge on any atom is 0.143 e. The summed E-state index contributed by atoms with van der Waals surface area (Å²) in [7, 11) is 0. The van der Waals surface area contributed by atoms with Crippen LogP contribution < -0.4 is 5.32 Å². The minimum atomic E-state index is 0.152. The van der Waals surface area contributed by atoms with E-state index in [2.05, 4.69) is 47.1 Å². The standard InChI is InChI=1S/C14H22N6/c1-5-7-19-9-13(11(3)18-19)8-15-12(4)14-16-10-17-20(14)6-2/h5,9-10,12,15H,1,6-8H2,2-4H3. The fourth-order valence-electron chi connectivity index (χ4n) is 2.16. The molecule has 0 spiro atoms. The van der Waals surface area contributed by atoms with Crippen molar-refractivity contribution in [2.75, 3.05) is 0 Å². The van der Waals surface area contributed by atoms with Gasteiger partial charge >= 0.3 is 0 Å². The largest absolute Gasteiger partial charge is 0.303 e. The maximum atomic E-state index is 4.45. The van der Waals surface area contributed by atoms with E-state index in [1.54, 1.807) is 6.33 Å². The zero-order valence-corrected chi connectivity index (χ0v) is 12.4. The molecule has 0 aliphatic rings. The van der Waals surface area contributed by atoms with Gasteiger partial charge in [0.05, 0.1) is 18.3 Å². The van der Waals surface area contributed by atoms with E-state index < -0.39 is 0 Å². The zero-order chi connectivity index (χ0) is 14.5. The predicted octanol–water partition coefficient (Wildman–Crippen LogP) is 1.84. The second-order valence-corrected chi connectivity index (χ2v) is 4.79. The van der Waals surface area contributed by atoms with E-state index in [9.17, 15) is 0 Å². The number of rotatable bonds is 7. The smallest absolute Gasteiger partial charge is 0.143 e. The Hall–Kier alpha value is -1.95. The summed E-state index contributed by atoms with van der Waals surface area (Å²) in [5.41, 5.74) is 2.24. The van der Waals surface area contributed by atoms with Crippen molar-refractivity contribution >= 4 is 0 Å². The molecule has 0 fully saturated rings. The molecule has 6 nitrogen and oxygen atoms in total. The van der Waals surface area contributed by atoms with Crippen molar-refractivity contribution in [2.45, 2.75) is 46.4 Å². The minimum Gasteiger partial charge on any atom is -0.303 e. The first-order chi connectivity index (χ1) is 9.65. The Labute approximate surface area is 119 Å². The molecular weight excluding hydrogens is 252 g/mol. The van der Waals surface area contributed by atoms with Gasteiger partial charge in [-0.25, -0.2) is 9.67 Å². The molecule has 1 N–H and O–H groups in total. The molecule has 0 aliphatic carbocycles. The Morgan fingerprint density at radius 2 is 2.30 bits per heavy atom. The topological polar surface area (TPSA) is 60.6 Å². The van der Waals surface area contributed by atoms with Gasteiger partial charge in [-0.3, -0.25) is 4.68 Å². The average Bonchev–Trinajstić information content (AvgIpc) is 3.03. The summed E-state index contributed by atoms with van der Waals surface area (Å²) in [5, 5.41) is 12.1. The van der Waals surface area contributed by atoms with Crippen LogP contribution in [0.4, 0.5) is 0 Å². The van der Waals surface area contributed by atoms with Crippen LogP contribution in [0.15, 0.2) is 25.2 Å². The summed E-state index contributed by atoms with van der Waals surface area (Å²) in [6.07, 6.45) is 5.50. The summed E-state index contributed by atoms with van der Waals surface area (Å²) in [6, 6.07) is 0.152. The van der Waals surface area contributed by atoms with E-state index in [1.165, 1.54) is 5.56 Å². The summed E-state index contributed by atoms with van der Waals surface area (Å²) < 4.78 is 3.81. The first-order valence-electron chi connectivity index (χ1n) is 6.90. The molecule has 0 aromatic carbocycles. The van der Waals surface area contributed by atoms with Crippen molar-refractivity contribution in [1.29, 1.82) is 0 Å². The van der Waals surface area contributed by atoms with Crippen molar-refractivity contribution in [1.82, 2.24) is 29.9 Å². The normalized spacial score (nSPS) is 12.6. The van der Waals surface area contributed by atoms with E-state index >= 15 is 0 Å². The second-order valence-electron chi connectivity index (χ2n) is 4.79. The molecule has 2 aromatic rings. The number of hydrogen-bond acceptors (Lipinski definition) is 4. The fourth-order valence-corrected chi connectivity index (χ4v) is 2.16. The van der Waals surface area contributed by atoms with Crippen LogP contribution in [-0.2, 0) is 19.6 Å². The van der Waals surface area contributed by atoms with Crippen LogP contribution in [0.25, 0.3) is 0 Å². The Kier molecular flexibility index (Phi) is 4.68. The average molecular weight is 274 g/mol. The van der Waals surface area contributed by atoms with E-state index in [0.29, 0.717) is 0 Å². The lowest BCUT2D eigenvalue weighted by Gasteiger charge is -2.13. The van der Waals surface area contributed by atoms with Crippen molar-refractivity contribution < 1.29 is 0 Å². The molecule has 2 aromatic heterocycles. The van der Waals surface area contributed by atoms with Crippen molar-refractivity contribution in [3.8, 4) is 0 Å². The molecule has 20 heavy (non-hydrogen) atoms. The second kappa shape index (κ2) is 6.47. The minimum absolute atomic E-state index is 0.152. The fraction of sp³-hybridized carbons (Fsp3) is 0.500. The molecule has 0 radical (unpaired) electrons. The zero-order valence-electron chi connectivity index (χ0n) is 12.4. The molecule has 0 amide bonds. The van der Waals surface area contributed by atoms with Crippen LogP contribution in [0.5, 0.6) is 0 Å². The summed E-state index contributed by atoms with van der Waals surface area (Å²) in [4.78, 5) is 4.31. The van der Waals surface area contributed by atoms with Crippen molar-refractivity contribution in [3.63, 3.8) is 0 Å². The number of allylic oxidation sites excluding steroid dienone is 1. The van der Waals surface area contributed by atoms with Gasteiger partial charge in [-0.15, -0.1) is 6.58 Å². The summed E-state index contributed by atoms with van der Waals surface area (Å²) in [6.45, 7) is 12.2. The van der Waals surface area contributed by atoms with E-state index in [0.717, 1.165) is 31.2 Å². The number of aromatic nitrogens is 5. The molecule has 0 bridgehead atoms. The van der Waals surface area contributed by atoms with E-state index in [1.807, 2.05) is 22.4 Å². The Balaban J connectivity index is 1.99. The first kappa shape index (κ1) is 14.5. The quantitative estimate of drug-likeness (QED) is 0.783. The predicted molar refractivity (Wildman–Crippen MR) is 78.1 cm³/mol. The third-order valence-electron chi connectivity index (χ3n) is 3.30. The third kappa shape index (κ3) is 3.14. The van der Waals surface area contributed by atoms with Gasteiger partial charge < -0.3 is 5.32 Å². The highest BCUT2D eigenvalue weighted by Crippen LogP contribution is 2.11. The van der Waals surface area contributed by atoms with Gasteiger partial charge in [-0.05, 0) is 20.8 Å².